The quantitative estimate of drug-likeness (QED) is 0.284. The van der Waals surface area contributed by atoms with Gasteiger partial charge in [0.25, 0.3) is 0 Å². The van der Waals surface area contributed by atoms with Crippen LogP contribution in [-0.2, 0) is 19.5 Å². The summed E-state index contributed by atoms with van der Waals surface area (Å²) < 4.78 is 37.4. The summed E-state index contributed by atoms with van der Waals surface area (Å²) in [6, 6.07) is 27.2. The van der Waals surface area contributed by atoms with E-state index in [4.69, 9.17) is 0 Å². The standard InChI is InChI=1S/C28H28N2O4S2/c1-21-11-15-23(16-12-21)35(33,27-9-5-3-7-25(27)31)29-19-20-30-36(34,24-17-13-22(2)14-18-24)28-10-6-4-8-26(28)32/h3-18,31-32H,19-20H2,1-2H3. The van der Waals surface area contributed by atoms with Gasteiger partial charge in [-0.05, 0) is 62.4 Å². The average molecular weight is 521 g/mol. The van der Waals surface area contributed by atoms with Gasteiger partial charge in [-0.1, -0.05) is 59.7 Å². The molecule has 186 valence electrons. The molecule has 0 saturated heterocycles. The van der Waals surface area contributed by atoms with E-state index in [-0.39, 0.29) is 34.4 Å². The predicted octanol–water partition coefficient (Wildman–Crippen LogP) is 6.19. The van der Waals surface area contributed by atoms with Gasteiger partial charge in [-0.25, -0.2) is 17.1 Å². The highest BCUT2D eigenvalue weighted by Gasteiger charge is 2.21. The van der Waals surface area contributed by atoms with Crippen molar-refractivity contribution in [1.29, 1.82) is 0 Å². The predicted molar refractivity (Wildman–Crippen MR) is 143 cm³/mol. The van der Waals surface area contributed by atoms with Crippen LogP contribution in [0.15, 0.2) is 125 Å². The zero-order valence-corrected chi connectivity index (χ0v) is 21.7. The second-order valence-corrected chi connectivity index (χ2v) is 12.8. The van der Waals surface area contributed by atoms with E-state index in [1.807, 2.05) is 38.1 Å². The van der Waals surface area contributed by atoms with Crippen LogP contribution in [0.2, 0.25) is 0 Å². The smallest absolute Gasteiger partial charge is 0.132 e. The molecule has 0 spiro atoms. The Morgan fingerprint density at radius 2 is 0.889 bits per heavy atom. The summed E-state index contributed by atoms with van der Waals surface area (Å²) in [6.07, 6.45) is 0. The lowest BCUT2D eigenvalue weighted by atomic mass is 10.2. The van der Waals surface area contributed by atoms with Crippen molar-refractivity contribution in [1.82, 2.24) is 0 Å². The van der Waals surface area contributed by atoms with Crippen molar-refractivity contribution in [2.75, 3.05) is 13.1 Å². The van der Waals surface area contributed by atoms with E-state index in [1.54, 1.807) is 60.7 Å². The van der Waals surface area contributed by atoms with Crippen molar-refractivity contribution in [2.24, 2.45) is 8.73 Å². The monoisotopic (exact) mass is 520 g/mol. The third-order valence-electron chi connectivity index (χ3n) is 5.65. The Morgan fingerprint density at radius 3 is 1.22 bits per heavy atom. The lowest BCUT2D eigenvalue weighted by Gasteiger charge is -2.14. The average Bonchev–Trinajstić information content (AvgIpc) is 2.87. The Morgan fingerprint density at radius 1 is 0.556 bits per heavy atom. The molecule has 4 aromatic rings. The van der Waals surface area contributed by atoms with Gasteiger partial charge in [0, 0.05) is 0 Å². The molecule has 0 aliphatic rings. The van der Waals surface area contributed by atoms with Crippen LogP contribution in [0.1, 0.15) is 11.1 Å². The minimum absolute atomic E-state index is 0.00249. The molecule has 0 amide bonds. The molecule has 0 aromatic heterocycles. The van der Waals surface area contributed by atoms with Crippen molar-refractivity contribution in [3.8, 4) is 11.5 Å². The second-order valence-electron chi connectivity index (χ2n) is 8.32. The molecule has 0 radical (unpaired) electrons. The number of hydrogen-bond acceptors (Lipinski definition) is 6. The zero-order chi connectivity index (χ0) is 25.8. The number of aryl methyl sites for hydroxylation is 2. The Labute approximate surface area is 212 Å². The number of phenols is 2. The van der Waals surface area contributed by atoms with Crippen molar-refractivity contribution in [3.63, 3.8) is 0 Å². The molecule has 0 aliphatic heterocycles. The van der Waals surface area contributed by atoms with Gasteiger partial charge in [0.2, 0.25) is 0 Å². The Kier molecular flexibility index (Phi) is 7.47. The molecule has 0 heterocycles. The summed E-state index contributed by atoms with van der Waals surface area (Å²) in [4.78, 5) is 1.37. The molecule has 0 fully saturated rings. The number of para-hydroxylation sites is 2. The van der Waals surface area contributed by atoms with Crippen LogP contribution < -0.4 is 0 Å². The third kappa shape index (κ3) is 5.15. The van der Waals surface area contributed by atoms with Gasteiger partial charge < -0.3 is 10.2 Å². The third-order valence-corrected chi connectivity index (χ3v) is 10.5. The van der Waals surface area contributed by atoms with E-state index >= 15 is 0 Å². The van der Waals surface area contributed by atoms with E-state index in [9.17, 15) is 18.6 Å². The molecule has 2 unspecified atom stereocenters. The SMILES string of the molecule is Cc1ccc(S(=O)(=NCCN=S(=O)(c2ccc(C)cc2)c2ccccc2O)c2ccccc2O)cc1. The fourth-order valence-corrected chi connectivity index (χ4v) is 7.71. The number of phenolic OH excluding ortho intramolecular Hbond substituents is 2. The second kappa shape index (κ2) is 10.6. The van der Waals surface area contributed by atoms with Crippen LogP contribution in [0.5, 0.6) is 11.5 Å². The van der Waals surface area contributed by atoms with Crippen molar-refractivity contribution in [3.05, 3.63) is 108 Å². The largest absolute Gasteiger partial charge is 0.507 e. The van der Waals surface area contributed by atoms with Crippen LogP contribution in [0.4, 0.5) is 0 Å². The van der Waals surface area contributed by atoms with E-state index in [2.05, 4.69) is 8.73 Å². The maximum atomic E-state index is 14.2. The first kappa shape index (κ1) is 25.5. The highest BCUT2D eigenvalue weighted by molar-refractivity contribution is 7.94. The number of rotatable bonds is 7. The van der Waals surface area contributed by atoms with Crippen molar-refractivity contribution in [2.45, 2.75) is 33.4 Å². The maximum Gasteiger partial charge on any atom is 0.132 e. The minimum Gasteiger partial charge on any atom is -0.507 e. The molecule has 0 aliphatic carbocycles. The van der Waals surface area contributed by atoms with Gasteiger partial charge in [-0.15, -0.1) is 0 Å². The van der Waals surface area contributed by atoms with E-state index in [0.29, 0.717) is 9.79 Å². The van der Waals surface area contributed by atoms with Crippen molar-refractivity contribution >= 4 is 19.5 Å². The van der Waals surface area contributed by atoms with E-state index in [0.717, 1.165) is 11.1 Å². The molecule has 4 rings (SSSR count). The van der Waals surface area contributed by atoms with Crippen LogP contribution in [-0.4, -0.2) is 31.7 Å². The minimum atomic E-state index is -3.18. The zero-order valence-electron chi connectivity index (χ0n) is 20.1. The van der Waals surface area contributed by atoms with Crippen LogP contribution in [0.3, 0.4) is 0 Å². The number of hydrogen-bond donors (Lipinski definition) is 2. The maximum absolute atomic E-state index is 14.2. The molecule has 0 saturated carbocycles. The Balaban J connectivity index is 1.79. The lowest BCUT2D eigenvalue weighted by Crippen LogP contribution is -2.07. The molecule has 6 nitrogen and oxygen atoms in total. The van der Waals surface area contributed by atoms with Gasteiger partial charge >= 0.3 is 0 Å². The van der Waals surface area contributed by atoms with Gasteiger partial charge in [0.1, 0.15) is 31.0 Å². The van der Waals surface area contributed by atoms with Gasteiger partial charge in [-0.3, -0.25) is 0 Å². The first-order chi connectivity index (χ1) is 17.2. The summed E-state index contributed by atoms with van der Waals surface area (Å²) >= 11 is 0. The first-order valence-corrected chi connectivity index (χ1v) is 14.4. The van der Waals surface area contributed by atoms with Gasteiger partial charge in [0.15, 0.2) is 0 Å². The van der Waals surface area contributed by atoms with Crippen LogP contribution >= 0.6 is 0 Å². The molecule has 2 atom stereocenters. The topological polar surface area (TPSA) is 99.3 Å². The summed E-state index contributed by atoms with van der Waals surface area (Å²) in [5, 5.41) is 20.9. The fraction of sp³-hybridized carbons (Fsp3) is 0.143. The highest BCUT2D eigenvalue weighted by atomic mass is 32.2. The Bertz CT molecular complexity index is 1490. The molecular weight excluding hydrogens is 492 g/mol. The summed E-state index contributed by atoms with van der Waals surface area (Å²) in [5.41, 5.74) is 2.02. The first-order valence-electron chi connectivity index (χ1n) is 11.4. The Hall–Kier alpha value is -3.62. The summed E-state index contributed by atoms with van der Waals surface area (Å²) in [5.74, 6) is -0.220. The molecule has 4 aromatic carbocycles. The van der Waals surface area contributed by atoms with Crippen LogP contribution in [0, 0.1) is 13.8 Å². The normalized spacial score (nSPS) is 14.4. The number of aromatic hydroxyl groups is 2. The number of nitrogens with zero attached hydrogens (tertiary/aromatic N) is 2. The molecule has 0 bridgehead atoms. The molecule has 2 N–H and O–H groups in total. The van der Waals surface area contributed by atoms with E-state index in [1.165, 1.54) is 12.1 Å². The summed E-state index contributed by atoms with van der Waals surface area (Å²) in [6.45, 7) is 3.86. The summed E-state index contributed by atoms with van der Waals surface area (Å²) in [7, 11) is -6.36. The van der Waals surface area contributed by atoms with Gasteiger partial charge in [-0.2, -0.15) is 0 Å². The highest BCUT2D eigenvalue weighted by Crippen LogP contribution is 2.32. The molecule has 36 heavy (non-hydrogen) atoms. The van der Waals surface area contributed by atoms with Crippen LogP contribution in [0.25, 0.3) is 0 Å². The van der Waals surface area contributed by atoms with Gasteiger partial charge in [0.05, 0.1) is 32.7 Å². The van der Waals surface area contributed by atoms with Crippen molar-refractivity contribution < 1.29 is 18.6 Å². The molecule has 8 heteroatoms. The fourth-order valence-electron chi connectivity index (χ4n) is 3.71. The lowest BCUT2D eigenvalue weighted by molar-refractivity contribution is 0.460. The van der Waals surface area contributed by atoms with E-state index < -0.39 is 19.5 Å². The number of benzene rings is 4. The molecular formula is C28H28N2O4S2.